The first-order valence-corrected chi connectivity index (χ1v) is 11.8. The highest BCUT2D eigenvalue weighted by atomic mass is 32.2. The molecule has 7 nitrogen and oxygen atoms in total. The van der Waals surface area contributed by atoms with Gasteiger partial charge in [0.2, 0.25) is 16.0 Å². The van der Waals surface area contributed by atoms with Crippen molar-refractivity contribution in [1.82, 2.24) is 14.7 Å². The zero-order valence-electron chi connectivity index (χ0n) is 17.2. The fourth-order valence-corrected chi connectivity index (χ4v) is 4.50. The van der Waals surface area contributed by atoms with E-state index in [4.69, 9.17) is 0 Å². The topological polar surface area (TPSA) is 87.2 Å². The van der Waals surface area contributed by atoms with E-state index >= 15 is 0 Å². The minimum Gasteiger partial charge on any atom is -0.356 e. The van der Waals surface area contributed by atoms with Gasteiger partial charge in [-0.15, -0.1) is 0 Å². The van der Waals surface area contributed by atoms with Gasteiger partial charge in [-0.05, 0) is 43.9 Å². The molecule has 2 heterocycles. The van der Waals surface area contributed by atoms with Crippen LogP contribution in [-0.4, -0.2) is 44.6 Å². The molecule has 1 aromatic heterocycles. The monoisotopic (exact) mass is 457 g/mol. The van der Waals surface area contributed by atoms with Crippen LogP contribution in [0.15, 0.2) is 30.3 Å². The number of aromatic nitrogens is 2. The third kappa shape index (κ3) is 7.06. The maximum absolute atomic E-state index is 12.6. The molecule has 1 fully saturated rings. The molecule has 1 aliphatic rings. The molecule has 2 aromatic rings. The number of aryl methyl sites for hydroxylation is 1. The lowest BCUT2D eigenvalue weighted by molar-refractivity contribution is -0.137. The number of anilines is 2. The molecular weight excluding hydrogens is 431 g/mol. The molecule has 0 bridgehead atoms. The Hall–Kier alpha value is -2.40. The number of hydrogen-bond donors (Lipinski definition) is 2. The van der Waals surface area contributed by atoms with Gasteiger partial charge < -0.3 is 10.2 Å². The van der Waals surface area contributed by atoms with E-state index in [2.05, 4.69) is 24.9 Å². The third-order valence-corrected chi connectivity index (χ3v) is 6.25. The van der Waals surface area contributed by atoms with Crippen LogP contribution in [0.25, 0.3) is 0 Å². The number of piperidine rings is 1. The van der Waals surface area contributed by atoms with Crippen molar-refractivity contribution in [1.29, 1.82) is 0 Å². The Balaban J connectivity index is 1.50. The average molecular weight is 458 g/mol. The number of alkyl halides is 3. The van der Waals surface area contributed by atoms with Crippen LogP contribution >= 0.6 is 0 Å². The van der Waals surface area contributed by atoms with Crippen molar-refractivity contribution >= 4 is 21.8 Å². The normalized spacial score (nSPS) is 15.2. The van der Waals surface area contributed by atoms with Crippen LogP contribution < -0.4 is 14.9 Å². The predicted octanol–water partition coefficient (Wildman–Crippen LogP) is 3.33. The first kappa shape index (κ1) is 23.3. The van der Waals surface area contributed by atoms with E-state index in [-0.39, 0.29) is 18.7 Å². The van der Waals surface area contributed by atoms with Crippen molar-refractivity contribution in [3.05, 3.63) is 47.2 Å². The molecule has 11 heteroatoms. The van der Waals surface area contributed by atoms with Crippen LogP contribution in [0, 0.1) is 6.92 Å². The van der Waals surface area contributed by atoms with Gasteiger partial charge in [0.25, 0.3) is 0 Å². The Morgan fingerprint density at radius 2 is 1.71 bits per heavy atom. The molecule has 31 heavy (non-hydrogen) atoms. The number of nitrogens with one attached hydrogen (secondary N) is 2. The lowest BCUT2D eigenvalue weighted by atomic mass is 10.1. The summed E-state index contributed by atoms with van der Waals surface area (Å²) in [5, 5.41) is 3.02. The van der Waals surface area contributed by atoms with E-state index in [1.165, 1.54) is 18.6 Å². The van der Waals surface area contributed by atoms with E-state index in [0.29, 0.717) is 5.95 Å². The Kier molecular flexibility index (Phi) is 7.37. The number of benzene rings is 1. The zero-order valence-corrected chi connectivity index (χ0v) is 18.1. The number of rotatable bonds is 8. The van der Waals surface area contributed by atoms with Gasteiger partial charge in [0.15, 0.2) is 0 Å². The Bertz CT molecular complexity index is 975. The lowest BCUT2D eigenvalue weighted by Crippen LogP contribution is -2.31. The maximum Gasteiger partial charge on any atom is 0.416 e. The second-order valence-electron chi connectivity index (χ2n) is 7.51. The molecule has 0 unspecified atom stereocenters. The molecule has 170 valence electrons. The van der Waals surface area contributed by atoms with E-state index in [9.17, 15) is 21.6 Å². The van der Waals surface area contributed by atoms with Gasteiger partial charge in [0.1, 0.15) is 5.82 Å². The quantitative estimate of drug-likeness (QED) is 0.592. The average Bonchev–Trinajstić information content (AvgIpc) is 2.71. The van der Waals surface area contributed by atoms with Crippen LogP contribution in [0.1, 0.15) is 36.1 Å². The highest BCUT2D eigenvalue weighted by Crippen LogP contribution is 2.29. The first-order chi connectivity index (χ1) is 14.6. The van der Waals surface area contributed by atoms with Gasteiger partial charge in [0, 0.05) is 37.9 Å². The zero-order chi connectivity index (χ0) is 22.5. The minimum atomic E-state index is -4.45. The highest BCUT2D eigenvalue weighted by molar-refractivity contribution is 7.88. The molecule has 0 aliphatic carbocycles. The molecule has 1 aromatic carbocycles. The lowest BCUT2D eigenvalue weighted by Gasteiger charge is -2.28. The van der Waals surface area contributed by atoms with Crippen molar-refractivity contribution in [2.45, 2.75) is 38.1 Å². The van der Waals surface area contributed by atoms with E-state index in [1.54, 1.807) is 0 Å². The summed E-state index contributed by atoms with van der Waals surface area (Å²) in [6, 6.07) is 6.03. The fraction of sp³-hybridized carbons (Fsp3) is 0.500. The standard InChI is InChI=1S/C20H26F3N5O2S/c1-15-13-18(28-11-3-2-4-12-28)27-19(26-15)24-9-10-25-31(29,30)14-16-5-7-17(8-6-16)20(21,22)23/h5-8,13,25H,2-4,9-12,14H2,1H3,(H,24,26,27). The first-order valence-electron chi connectivity index (χ1n) is 10.1. The number of hydrogen-bond acceptors (Lipinski definition) is 6. The molecule has 3 rings (SSSR count). The summed E-state index contributed by atoms with van der Waals surface area (Å²) in [4.78, 5) is 11.1. The van der Waals surface area contributed by atoms with Crippen molar-refractivity contribution in [2.24, 2.45) is 0 Å². The SMILES string of the molecule is Cc1cc(N2CCCCC2)nc(NCCNS(=O)(=O)Cc2ccc(C(F)(F)F)cc2)n1. The van der Waals surface area contributed by atoms with Crippen LogP contribution in [0.5, 0.6) is 0 Å². The van der Waals surface area contributed by atoms with Crippen LogP contribution in [0.3, 0.4) is 0 Å². The summed E-state index contributed by atoms with van der Waals surface area (Å²) < 4.78 is 64.7. The van der Waals surface area contributed by atoms with E-state index in [1.807, 2.05) is 13.0 Å². The van der Waals surface area contributed by atoms with Gasteiger partial charge in [-0.3, -0.25) is 0 Å². The number of nitrogens with zero attached hydrogens (tertiary/aromatic N) is 3. The van der Waals surface area contributed by atoms with Crippen molar-refractivity contribution < 1.29 is 21.6 Å². The molecule has 0 spiro atoms. The molecule has 0 atom stereocenters. The summed E-state index contributed by atoms with van der Waals surface area (Å²) in [5.74, 6) is 0.894. The van der Waals surface area contributed by atoms with Gasteiger partial charge in [-0.1, -0.05) is 12.1 Å². The molecule has 0 radical (unpaired) electrons. The second-order valence-corrected chi connectivity index (χ2v) is 9.32. The molecule has 2 N–H and O–H groups in total. The van der Waals surface area contributed by atoms with Gasteiger partial charge in [-0.25, -0.2) is 18.1 Å². The Morgan fingerprint density at radius 3 is 2.35 bits per heavy atom. The summed E-state index contributed by atoms with van der Waals surface area (Å²) in [5.41, 5.74) is 0.287. The molecule has 0 saturated carbocycles. The predicted molar refractivity (Wildman–Crippen MR) is 113 cm³/mol. The number of sulfonamides is 1. The van der Waals surface area contributed by atoms with Crippen molar-refractivity contribution in [2.75, 3.05) is 36.4 Å². The summed E-state index contributed by atoms with van der Waals surface area (Å²) in [7, 11) is -3.69. The van der Waals surface area contributed by atoms with Gasteiger partial charge >= 0.3 is 6.18 Å². The second kappa shape index (κ2) is 9.82. The molecular formula is C20H26F3N5O2S. The highest BCUT2D eigenvalue weighted by Gasteiger charge is 2.30. The van der Waals surface area contributed by atoms with E-state index in [0.717, 1.165) is 49.6 Å². The van der Waals surface area contributed by atoms with Crippen molar-refractivity contribution in [3.63, 3.8) is 0 Å². The smallest absolute Gasteiger partial charge is 0.356 e. The third-order valence-electron chi connectivity index (χ3n) is 4.89. The minimum absolute atomic E-state index is 0.0965. The summed E-state index contributed by atoms with van der Waals surface area (Å²) in [6.45, 7) is 4.17. The van der Waals surface area contributed by atoms with Crippen molar-refractivity contribution in [3.8, 4) is 0 Å². The summed E-state index contributed by atoms with van der Waals surface area (Å²) in [6.07, 6.45) is -0.968. The molecule has 0 amide bonds. The summed E-state index contributed by atoms with van der Waals surface area (Å²) >= 11 is 0. The number of halogens is 3. The maximum atomic E-state index is 12.6. The Labute approximate surface area is 180 Å². The molecule has 1 aliphatic heterocycles. The van der Waals surface area contributed by atoms with E-state index < -0.39 is 27.5 Å². The van der Waals surface area contributed by atoms with Gasteiger partial charge in [-0.2, -0.15) is 18.2 Å². The fourth-order valence-electron chi connectivity index (χ4n) is 3.36. The van der Waals surface area contributed by atoms with Crippen LogP contribution in [0.2, 0.25) is 0 Å². The van der Waals surface area contributed by atoms with Crippen LogP contribution in [-0.2, 0) is 22.0 Å². The Morgan fingerprint density at radius 1 is 1.03 bits per heavy atom. The van der Waals surface area contributed by atoms with Gasteiger partial charge in [0.05, 0.1) is 11.3 Å². The van der Waals surface area contributed by atoms with Crippen LogP contribution in [0.4, 0.5) is 24.9 Å². The largest absolute Gasteiger partial charge is 0.416 e. The molecule has 1 saturated heterocycles.